The summed E-state index contributed by atoms with van der Waals surface area (Å²) in [5.41, 5.74) is 5.26. The maximum absolute atomic E-state index is 11.7. The van der Waals surface area contributed by atoms with Crippen molar-refractivity contribution in [1.29, 1.82) is 0 Å². The molecular weight excluding hydrogens is 592 g/mol. The first-order chi connectivity index (χ1) is 21.6. The molecule has 0 bridgehead atoms. The van der Waals surface area contributed by atoms with Crippen LogP contribution in [0.4, 0.5) is 0 Å². The fourth-order valence-corrected chi connectivity index (χ4v) is 8.10. The van der Waals surface area contributed by atoms with E-state index in [4.69, 9.17) is 30.8 Å². The second kappa shape index (κ2) is 10.3. The Kier molecular flexibility index (Phi) is 6.68. The summed E-state index contributed by atoms with van der Waals surface area (Å²) in [7, 11) is 0. The molecule has 0 amide bonds. The maximum atomic E-state index is 11.7. The van der Waals surface area contributed by atoms with Crippen LogP contribution in [0.3, 0.4) is 0 Å². The highest BCUT2D eigenvalue weighted by atomic mass is 35.5. The minimum Gasteiger partial charge on any atom is -0.478 e. The van der Waals surface area contributed by atoms with Crippen LogP contribution in [0.15, 0.2) is 54.7 Å². The highest BCUT2D eigenvalue weighted by molar-refractivity contribution is 6.30. The van der Waals surface area contributed by atoms with Gasteiger partial charge in [0.05, 0.1) is 46.5 Å². The molecule has 1 N–H and O–H groups in total. The number of imidazole rings is 1. The number of carboxylic acid groups (broad SMARTS) is 1. The van der Waals surface area contributed by atoms with Crippen molar-refractivity contribution in [3.8, 4) is 0 Å². The number of benzene rings is 2. The molecule has 234 valence electrons. The number of piperidine rings is 1. The highest BCUT2D eigenvalue weighted by Crippen LogP contribution is 2.67. The van der Waals surface area contributed by atoms with Gasteiger partial charge in [0.15, 0.2) is 0 Å². The highest BCUT2D eigenvalue weighted by Gasteiger charge is 2.70. The molecule has 2 aromatic heterocycles. The lowest BCUT2D eigenvalue weighted by atomic mass is 9.59. The summed E-state index contributed by atoms with van der Waals surface area (Å²) in [4.78, 5) is 23.6. The number of fused-ring (bicyclic) bond motifs is 5. The van der Waals surface area contributed by atoms with E-state index in [2.05, 4.69) is 46.5 Å². The van der Waals surface area contributed by atoms with Gasteiger partial charge in [0.25, 0.3) is 0 Å². The number of aromatic nitrogens is 3. The van der Waals surface area contributed by atoms with Crippen LogP contribution in [0.2, 0.25) is 5.02 Å². The van der Waals surface area contributed by atoms with Gasteiger partial charge < -0.3 is 23.9 Å². The van der Waals surface area contributed by atoms with Crippen LogP contribution >= 0.6 is 11.6 Å². The van der Waals surface area contributed by atoms with Crippen LogP contribution in [-0.4, -0.2) is 56.3 Å². The fraction of sp³-hybridized carbons (Fsp3) is 0.457. The predicted octanol–water partition coefficient (Wildman–Crippen LogP) is 6.32. The number of carbonyl (C=O) groups is 1. The van der Waals surface area contributed by atoms with E-state index in [1.807, 2.05) is 25.1 Å². The van der Waals surface area contributed by atoms with E-state index >= 15 is 0 Å². The number of likely N-dealkylation sites (tertiary alicyclic amines) is 1. The zero-order chi connectivity index (χ0) is 31.1. The molecule has 3 saturated heterocycles. The number of halogens is 1. The number of pyridine rings is 1. The Hall–Kier alpha value is -3.34. The summed E-state index contributed by atoms with van der Waals surface area (Å²) >= 11 is 6.12. The number of nitrogens with zero attached hydrogens (tertiary/aromatic N) is 4. The van der Waals surface area contributed by atoms with Crippen molar-refractivity contribution < 1.29 is 24.1 Å². The molecule has 0 saturated carbocycles. The number of aromatic carboxylic acids is 1. The third-order valence-corrected chi connectivity index (χ3v) is 10.9. The summed E-state index contributed by atoms with van der Waals surface area (Å²) < 4.78 is 21.5. The summed E-state index contributed by atoms with van der Waals surface area (Å²) in [6, 6.07) is 15.5. The topological polar surface area (TPSA) is 98.9 Å². The van der Waals surface area contributed by atoms with Gasteiger partial charge in [0.2, 0.25) is 5.79 Å². The van der Waals surface area contributed by atoms with E-state index in [1.165, 1.54) is 16.7 Å². The molecule has 9 nitrogen and oxygen atoms in total. The van der Waals surface area contributed by atoms with Gasteiger partial charge in [-0.25, -0.2) is 9.78 Å². The molecule has 4 aromatic rings. The molecule has 2 unspecified atom stereocenters. The molecule has 4 atom stereocenters. The molecule has 45 heavy (non-hydrogen) atoms. The van der Waals surface area contributed by atoms with Crippen molar-refractivity contribution in [2.24, 2.45) is 0 Å². The Labute approximate surface area is 267 Å². The lowest BCUT2D eigenvalue weighted by molar-refractivity contribution is -0.190. The second-order valence-electron chi connectivity index (χ2n) is 13.3. The van der Waals surface area contributed by atoms with Crippen molar-refractivity contribution >= 4 is 28.6 Å². The molecule has 10 heteroatoms. The lowest BCUT2D eigenvalue weighted by Crippen LogP contribution is -2.53. The molecule has 8 rings (SSSR count). The van der Waals surface area contributed by atoms with Crippen molar-refractivity contribution in [1.82, 2.24) is 19.4 Å². The Morgan fingerprint density at radius 1 is 1.04 bits per heavy atom. The molecule has 0 spiro atoms. The molecule has 3 fully saturated rings. The van der Waals surface area contributed by atoms with Crippen LogP contribution in [0.5, 0.6) is 0 Å². The Morgan fingerprint density at radius 3 is 2.51 bits per heavy atom. The molecule has 4 aliphatic rings. The van der Waals surface area contributed by atoms with Gasteiger partial charge >= 0.3 is 5.97 Å². The third-order valence-electron chi connectivity index (χ3n) is 10.6. The first kappa shape index (κ1) is 29.1. The average molecular weight is 629 g/mol. The predicted molar refractivity (Wildman–Crippen MR) is 168 cm³/mol. The second-order valence-corrected chi connectivity index (χ2v) is 13.8. The standard InChI is InChI=1S/C35H37ClN4O5/c1-33-26-6-4-5-25(31(26)34(33,2)45-35(3,44-33)29-10-8-23(36)18-37-29)21-11-14-39(15-12-21)20-30-38-27-9-7-22(32(41)42)17-28(27)40(30)19-24-13-16-43-24/h4-10,17-18,21,24H,11-16,19-20H2,1-3H3,(H,41,42)/t24-,33?,34?,35-/m0/s1. The van der Waals surface area contributed by atoms with Crippen molar-refractivity contribution in [2.45, 2.75) is 82.1 Å². The van der Waals surface area contributed by atoms with Gasteiger partial charge in [-0.1, -0.05) is 29.8 Å². The largest absolute Gasteiger partial charge is 0.478 e. The monoisotopic (exact) mass is 628 g/mol. The molecular formula is C35H37ClN4O5. The Bertz CT molecular complexity index is 1810. The molecule has 3 aliphatic heterocycles. The van der Waals surface area contributed by atoms with Crippen molar-refractivity contribution in [2.75, 3.05) is 19.7 Å². The molecule has 5 heterocycles. The van der Waals surface area contributed by atoms with Gasteiger partial charge in [-0.3, -0.25) is 9.88 Å². The zero-order valence-corrected chi connectivity index (χ0v) is 26.5. The van der Waals surface area contributed by atoms with E-state index in [1.54, 1.807) is 18.3 Å². The van der Waals surface area contributed by atoms with Gasteiger partial charge in [0, 0.05) is 12.8 Å². The minimum absolute atomic E-state index is 0.141. The summed E-state index contributed by atoms with van der Waals surface area (Å²) in [5.74, 6) is -0.559. The number of ether oxygens (including phenoxy) is 3. The third kappa shape index (κ3) is 4.47. The maximum Gasteiger partial charge on any atom is 0.335 e. The summed E-state index contributed by atoms with van der Waals surface area (Å²) in [6.07, 6.45) is 4.83. The average Bonchev–Trinajstić information content (AvgIpc) is 3.43. The summed E-state index contributed by atoms with van der Waals surface area (Å²) in [5, 5.41) is 10.2. The lowest BCUT2D eigenvalue weighted by Gasteiger charge is -2.51. The molecule has 1 aliphatic carbocycles. The number of hydrogen-bond acceptors (Lipinski definition) is 7. The summed E-state index contributed by atoms with van der Waals surface area (Å²) in [6.45, 7) is 10.3. The van der Waals surface area contributed by atoms with E-state index in [9.17, 15) is 9.90 Å². The van der Waals surface area contributed by atoms with Crippen LogP contribution in [0, 0.1) is 0 Å². The van der Waals surface area contributed by atoms with E-state index in [0.29, 0.717) is 29.7 Å². The quantitative estimate of drug-likeness (QED) is 0.254. The van der Waals surface area contributed by atoms with Gasteiger partial charge in [-0.15, -0.1) is 0 Å². The zero-order valence-electron chi connectivity index (χ0n) is 25.8. The number of carboxylic acids is 1. The minimum atomic E-state index is -0.991. The van der Waals surface area contributed by atoms with Crippen LogP contribution < -0.4 is 0 Å². The van der Waals surface area contributed by atoms with Gasteiger partial charge in [-0.2, -0.15) is 0 Å². The van der Waals surface area contributed by atoms with Crippen molar-refractivity contribution in [3.63, 3.8) is 0 Å². The van der Waals surface area contributed by atoms with E-state index < -0.39 is 23.0 Å². The Balaban J connectivity index is 1.02. The normalized spacial score (nSPS) is 29.6. The number of hydrogen-bond donors (Lipinski definition) is 1. The van der Waals surface area contributed by atoms with Gasteiger partial charge in [-0.05, 0) is 106 Å². The van der Waals surface area contributed by atoms with Crippen molar-refractivity contribution in [3.05, 3.63) is 93.5 Å². The van der Waals surface area contributed by atoms with E-state index in [0.717, 1.165) is 55.8 Å². The van der Waals surface area contributed by atoms with Gasteiger partial charge in [0.1, 0.15) is 17.0 Å². The molecule has 2 aromatic carbocycles. The smallest absolute Gasteiger partial charge is 0.335 e. The first-order valence-electron chi connectivity index (χ1n) is 15.8. The first-order valence-corrected chi connectivity index (χ1v) is 16.2. The molecule has 0 radical (unpaired) electrons. The SMILES string of the molecule is CC12O[C@](C)(c3ccc(Cl)cn3)OC1(C)c1c(C3CCN(Cc4nc5ccc(C(=O)O)cc5n4C[C@@H]4CCO4)CC3)cccc12. The number of rotatable bonds is 7. The van der Waals surface area contributed by atoms with Crippen LogP contribution in [-0.2, 0) is 44.3 Å². The fourth-order valence-electron chi connectivity index (χ4n) is 7.99. The Morgan fingerprint density at radius 2 is 1.82 bits per heavy atom. The van der Waals surface area contributed by atoms with Crippen LogP contribution in [0.1, 0.15) is 84.5 Å². The van der Waals surface area contributed by atoms with Crippen LogP contribution in [0.25, 0.3) is 11.0 Å². The van der Waals surface area contributed by atoms with E-state index in [-0.39, 0.29) is 11.7 Å².